The maximum Gasteiger partial charge on any atom is 0.410 e. The first kappa shape index (κ1) is 18.1. The summed E-state index contributed by atoms with van der Waals surface area (Å²) in [5.74, 6) is 0. The molecule has 21 heavy (non-hydrogen) atoms. The average molecular weight is 334 g/mol. The minimum atomic E-state index is -3.22. The van der Waals surface area contributed by atoms with Crippen molar-refractivity contribution in [2.75, 3.05) is 26.0 Å². The molecule has 8 heteroatoms. The average Bonchev–Trinajstić information content (AvgIpc) is 2.76. The van der Waals surface area contributed by atoms with Crippen molar-refractivity contribution in [2.45, 2.75) is 24.6 Å². The largest absolute Gasteiger partial charge is 0.445 e. The third-order valence-electron chi connectivity index (χ3n) is 3.13. The van der Waals surface area contributed by atoms with Crippen LogP contribution in [0.3, 0.4) is 0 Å². The minimum absolute atomic E-state index is 0.0810. The Morgan fingerprint density at radius 1 is 1.57 bits per heavy atom. The molecule has 0 aliphatic carbocycles. The Morgan fingerprint density at radius 3 is 2.81 bits per heavy atom. The number of amides is 1. The monoisotopic (exact) mass is 334 g/mol. The molecule has 0 saturated carbocycles. The van der Waals surface area contributed by atoms with Gasteiger partial charge in [-0.15, -0.1) is 0 Å². The standard InChI is InChI=1S/C13H22N2O4S2/c1-4-7-19-13(16)15-9-11(20)8-12(15)10(2)5-6-14-21(3,17)18/h4-5,11-12,14,20H,1,6-9H2,2-3H3/b10-5-/t11-,12-/m0/s1. The maximum atomic E-state index is 12.0. The molecular formula is C13H22N2O4S2. The smallest absolute Gasteiger partial charge is 0.410 e. The fraction of sp³-hybridized carbons (Fsp3) is 0.615. The van der Waals surface area contributed by atoms with E-state index in [2.05, 4.69) is 23.9 Å². The summed E-state index contributed by atoms with van der Waals surface area (Å²) in [5.41, 5.74) is 0.915. The molecule has 2 atom stereocenters. The maximum absolute atomic E-state index is 12.0. The van der Waals surface area contributed by atoms with Gasteiger partial charge in [0.25, 0.3) is 0 Å². The molecule has 1 heterocycles. The second kappa shape index (κ2) is 7.86. The van der Waals surface area contributed by atoms with E-state index in [1.54, 1.807) is 11.0 Å². The zero-order chi connectivity index (χ0) is 16.0. The first-order valence-corrected chi connectivity index (χ1v) is 8.99. The molecule has 0 bridgehead atoms. The molecule has 0 spiro atoms. The normalized spacial score (nSPS) is 23.2. The van der Waals surface area contributed by atoms with E-state index in [0.29, 0.717) is 13.0 Å². The van der Waals surface area contributed by atoms with Gasteiger partial charge in [0.05, 0.1) is 12.3 Å². The number of carbonyl (C=O) groups is 1. The lowest BCUT2D eigenvalue weighted by atomic mass is 10.1. The predicted octanol–water partition coefficient (Wildman–Crippen LogP) is 1.18. The minimum Gasteiger partial charge on any atom is -0.445 e. The molecule has 120 valence electrons. The van der Waals surface area contributed by atoms with Crippen LogP contribution in [0.4, 0.5) is 4.79 Å². The van der Waals surface area contributed by atoms with Crippen molar-refractivity contribution in [3.63, 3.8) is 0 Å². The van der Waals surface area contributed by atoms with Gasteiger partial charge >= 0.3 is 6.09 Å². The van der Waals surface area contributed by atoms with Gasteiger partial charge in [-0.3, -0.25) is 0 Å². The van der Waals surface area contributed by atoms with Crippen LogP contribution >= 0.6 is 12.6 Å². The van der Waals surface area contributed by atoms with Gasteiger partial charge in [-0.25, -0.2) is 17.9 Å². The van der Waals surface area contributed by atoms with Crippen LogP contribution < -0.4 is 4.72 Å². The number of rotatable bonds is 6. The number of hydrogen-bond donors (Lipinski definition) is 2. The van der Waals surface area contributed by atoms with Crippen LogP contribution in [0.1, 0.15) is 13.3 Å². The van der Waals surface area contributed by atoms with Gasteiger partial charge in [-0.1, -0.05) is 24.3 Å². The second-order valence-corrected chi connectivity index (χ2v) is 7.56. The van der Waals surface area contributed by atoms with Crippen molar-refractivity contribution in [3.05, 3.63) is 24.3 Å². The van der Waals surface area contributed by atoms with Crippen LogP contribution in [0.2, 0.25) is 0 Å². The number of ether oxygens (including phenoxy) is 1. The van der Waals surface area contributed by atoms with Gasteiger partial charge in [0.1, 0.15) is 6.61 Å². The van der Waals surface area contributed by atoms with Crippen LogP contribution in [0.5, 0.6) is 0 Å². The molecule has 6 nitrogen and oxygen atoms in total. The Kier molecular flexibility index (Phi) is 6.76. The van der Waals surface area contributed by atoms with E-state index in [1.165, 1.54) is 6.08 Å². The molecule has 1 amide bonds. The van der Waals surface area contributed by atoms with Crippen LogP contribution in [0, 0.1) is 0 Å². The molecule has 0 aromatic carbocycles. The van der Waals surface area contributed by atoms with E-state index >= 15 is 0 Å². The van der Waals surface area contributed by atoms with Crippen molar-refractivity contribution in [1.82, 2.24) is 9.62 Å². The third-order valence-corrected chi connectivity index (χ3v) is 4.20. The zero-order valence-electron chi connectivity index (χ0n) is 12.3. The highest BCUT2D eigenvalue weighted by Gasteiger charge is 2.35. The van der Waals surface area contributed by atoms with Gasteiger partial charge in [-0.05, 0) is 13.3 Å². The van der Waals surface area contributed by atoms with Crippen molar-refractivity contribution in [2.24, 2.45) is 0 Å². The summed E-state index contributed by atoms with van der Waals surface area (Å²) in [6.45, 7) is 6.25. The summed E-state index contributed by atoms with van der Waals surface area (Å²) in [7, 11) is -3.22. The Hall–Kier alpha value is -0.990. The summed E-state index contributed by atoms with van der Waals surface area (Å²) in [4.78, 5) is 13.6. The molecule has 1 N–H and O–H groups in total. The highest BCUT2D eigenvalue weighted by atomic mass is 32.2. The summed E-state index contributed by atoms with van der Waals surface area (Å²) in [6, 6.07) is -0.119. The Morgan fingerprint density at radius 2 is 2.24 bits per heavy atom. The summed E-state index contributed by atoms with van der Waals surface area (Å²) >= 11 is 4.42. The molecular weight excluding hydrogens is 312 g/mol. The number of nitrogens with zero attached hydrogens (tertiary/aromatic N) is 1. The molecule has 1 aliphatic heterocycles. The van der Waals surface area contributed by atoms with Crippen molar-refractivity contribution in [1.29, 1.82) is 0 Å². The topological polar surface area (TPSA) is 75.7 Å². The number of carbonyl (C=O) groups excluding carboxylic acids is 1. The third kappa shape index (κ3) is 6.11. The van der Waals surface area contributed by atoms with Crippen molar-refractivity contribution >= 4 is 28.7 Å². The fourth-order valence-corrected chi connectivity index (χ4v) is 2.91. The van der Waals surface area contributed by atoms with Gasteiger partial charge in [0.2, 0.25) is 10.0 Å². The Balaban J connectivity index is 2.70. The Labute approximate surface area is 131 Å². The van der Waals surface area contributed by atoms with E-state index in [-0.39, 0.29) is 24.4 Å². The van der Waals surface area contributed by atoms with E-state index < -0.39 is 16.1 Å². The molecule has 0 aromatic heterocycles. The zero-order valence-corrected chi connectivity index (χ0v) is 14.0. The SMILES string of the molecule is C=CCOC(=O)N1C[C@@H](S)C[C@H]1/C(C)=C\CNS(C)(=O)=O. The van der Waals surface area contributed by atoms with E-state index in [9.17, 15) is 13.2 Å². The lowest BCUT2D eigenvalue weighted by Gasteiger charge is -2.24. The van der Waals surface area contributed by atoms with Gasteiger partial charge < -0.3 is 9.64 Å². The number of likely N-dealkylation sites (tertiary alicyclic amines) is 1. The van der Waals surface area contributed by atoms with Gasteiger partial charge in [0, 0.05) is 18.3 Å². The lowest BCUT2D eigenvalue weighted by molar-refractivity contribution is 0.112. The number of hydrogen-bond acceptors (Lipinski definition) is 5. The fourth-order valence-electron chi connectivity index (χ4n) is 2.15. The second-order valence-electron chi connectivity index (χ2n) is 4.99. The van der Waals surface area contributed by atoms with Gasteiger partial charge in [0.15, 0.2) is 0 Å². The molecule has 1 fully saturated rings. The number of thiol groups is 1. The van der Waals surface area contributed by atoms with Crippen LogP contribution in [0.25, 0.3) is 0 Å². The first-order chi connectivity index (χ1) is 9.74. The summed E-state index contributed by atoms with van der Waals surface area (Å²) in [6.07, 6.45) is 4.70. The highest BCUT2D eigenvalue weighted by Crippen LogP contribution is 2.27. The van der Waals surface area contributed by atoms with E-state index in [4.69, 9.17) is 4.74 Å². The van der Waals surface area contributed by atoms with Crippen LogP contribution in [-0.4, -0.2) is 56.7 Å². The van der Waals surface area contributed by atoms with Crippen molar-refractivity contribution < 1.29 is 17.9 Å². The quantitative estimate of drug-likeness (QED) is 0.565. The molecule has 0 aromatic rings. The van der Waals surface area contributed by atoms with Gasteiger partial charge in [-0.2, -0.15) is 12.6 Å². The number of sulfonamides is 1. The van der Waals surface area contributed by atoms with E-state index in [0.717, 1.165) is 11.8 Å². The van der Waals surface area contributed by atoms with Crippen LogP contribution in [-0.2, 0) is 14.8 Å². The molecule has 0 radical (unpaired) electrons. The highest BCUT2D eigenvalue weighted by molar-refractivity contribution is 7.88. The van der Waals surface area contributed by atoms with E-state index in [1.807, 2.05) is 6.92 Å². The first-order valence-electron chi connectivity index (χ1n) is 6.58. The molecule has 0 unspecified atom stereocenters. The predicted molar refractivity (Wildman–Crippen MR) is 86.0 cm³/mol. The summed E-state index contributed by atoms with van der Waals surface area (Å²) in [5, 5.41) is 0.0810. The molecule has 1 saturated heterocycles. The molecule has 1 rings (SSSR count). The van der Waals surface area contributed by atoms with Crippen LogP contribution in [0.15, 0.2) is 24.3 Å². The number of nitrogens with one attached hydrogen (secondary N) is 1. The Bertz CT molecular complexity index is 516. The van der Waals surface area contributed by atoms with Crippen molar-refractivity contribution in [3.8, 4) is 0 Å². The lowest BCUT2D eigenvalue weighted by Crippen LogP contribution is -2.37. The molecule has 1 aliphatic rings. The summed E-state index contributed by atoms with van der Waals surface area (Å²) < 4.78 is 29.5.